The third-order valence-electron chi connectivity index (χ3n) is 5.55. The average Bonchev–Trinajstić information content (AvgIpc) is 3.42. The Kier molecular flexibility index (Phi) is 6.11. The molecule has 0 atom stereocenters. The zero-order valence-electron chi connectivity index (χ0n) is 18.1. The quantitative estimate of drug-likeness (QED) is 0.434. The lowest BCUT2D eigenvalue weighted by molar-refractivity contribution is -0.131. The molecule has 0 spiro atoms. The molecule has 8 nitrogen and oxygen atoms in total. The van der Waals surface area contributed by atoms with Crippen LogP contribution >= 0.6 is 0 Å². The van der Waals surface area contributed by atoms with Crippen LogP contribution < -0.4 is 14.8 Å². The van der Waals surface area contributed by atoms with Gasteiger partial charge in [-0.25, -0.2) is 0 Å². The summed E-state index contributed by atoms with van der Waals surface area (Å²) in [4.78, 5) is 39.9. The first kappa shape index (κ1) is 21.4. The summed E-state index contributed by atoms with van der Waals surface area (Å²) in [5.74, 6) is -0.120. The molecule has 0 saturated carbocycles. The fourth-order valence-corrected chi connectivity index (χ4v) is 3.82. The van der Waals surface area contributed by atoms with E-state index in [1.807, 2.05) is 32.0 Å². The fraction of sp³-hybridized carbons (Fsp3) is 0.292. The highest BCUT2D eigenvalue weighted by Gasteiger charge is 2.23. The number of ether oxygens (including phenoxy) is 2. The van der Waals surface area contributed by atoms with E-state index in [1.54, 1.807) is 39.9 Å². The SMILES string of the molecule is CCN(CC)C(=O)Cn1cc(C(=O)C(=O)NCc2ccc3c(c2)OCO3)c2ccccc21. The second-order valence-electron chi connectivity index (χ2n) is 7.45. The molecule has 2 amide bonds. The molecule has 2 aromatic carbocycles. The van der Waals surface area contributed by atoms with Gasteiger partial charge in [-0.2, -0.15) is 0 Å². The van der Waals surface area contributed by atoms with Crippen LogP contribution in [0.5, 0.6) is 11.5 Å². The normalized spacial score (nSPS) is 12.1. The number of carbonyl (C=O) groups excluding carboxylic acids is 3. The van der Waals surface area contributed by atoms with Crippen molar-refractivity contribution in [3.63, 3.8) is 0 Å². The number of carbonyl (C=O) groups is 3. The minimum Gasteiger partial charge on any atom is -0.454 e. The molecule has 1 aliphatic rings. The number of ketones is 1. The lowest BCUT2D eigenvalue weighted by Gasteiger charge is -2.19. The zero-order valence-corrected chi connectivity index (χ0v) is 18.1. The number of rotatable bonds is 8. The van der Waals surface area contributed by atoms with Gasteiger partial charge in [0.2, 0.25) is 12.7 Å². The highest BCUT2D eigenvalue weighted by molar-refractivity contribution is 6.45. The van der Waals surface area contributed by atoms with Crippen LogP contribution in [0, 0.1) is 0 Å². The minimum absolute atomic E-state index is 0.0398. The smallest absolute Gasteiger partial charge is 0.292 e. The maximum Gasteiger partial charge on any atom is 0.292 e. The van der Waals surface area contributed by atoms with Gasteiger partial charge in [0.25, 0.3) is 11.7 Å². The van der Waals surface area contributed by atoms with Gasteiger partial charge in [0.15, 0.2) is 11.5 Å². The number of benzene rings is 2. The maximum absolute atomic E-state index is 12.9. The van der Waals surface area contributed by atoms with Crippen molar-refractivity contribution < 1.29 is 23.9 Å². The van der Waals surface area contributed by atoms with Gasteiger partial charge in [0.05, 0.1) is 5.56 Å². The third-order valence-corrected chi connectivity index (χ3v) is 5.55. The molecule has 1 N–H and O–H groups in total. The lowest BCUT2D eigenvalue weighted by atomic mass is 10.1. The molecule has 8 heteroatoms. The molecule has 0 unspecified atom stereocenters. The second kappa shape index (κ2) is 9.13. The number of nitrogens with one attached hydrogen (secondary N) is 1. The van der Waals surface area contributed by atoms with Crippen LogP contribution in [0.15, 0.2) is 48.7 Å². The second-order valence-corrected chi connectivity index (χ2v) is 7.45. The molecular formula is C24H25N3O5. The van der Waals surface area contributed by atoms with Crippen LogP contribution in [0.1, 0.15) is 29.8 Å². The summed E-state index contributed by atoms with van der Waals surface area (Å²) >= 11 is 0. The van der Waals surface area contributed by atoms with Gasteiger partial charge in [-0.15, -0.1) is 0 Å². The molecule has 0 radical (unpaired) electrons. The van der Waals surface area contributed by atoms with Gasteiger partial charge in [0.1, 0.15) is 6.54 Å². The van der Waals surface area contributed by atoms with Crippen molar-refractivity contribution in [2.24, 2.45) is 0 Å². The Bertz CT molecular complexity index is 1180. The van der Waals surface area contributed by atoms with Gasteiger partial charge in [-0.1, -0.05) is 24.3 Å². The lowest BCUT2D eigenvalue weighted by Crippen LogP contribution is -2.33. The number of nitrogens with zero attached hydrogens (tertiary/aromatic N) is 2. The molecule has 3 aromatic rings. The van der Waals surface area contributed by atoms with Gasteiger partial charge in [-0.05, 0) is 37.6 Å². The molecule has 2 heterocycles. The Morgan fingerprint density at radius 3 is 2.56 bits per heavy atom. The van der Waals surface area contributed by atoms with E-state index in [9.17, 15) is 14.4 Å². The van der Waals surface area contributed by atoms with Crippen molar-refractivity contribution >= 4 is 28.5 Å². The molecule has 0 fully saturated rings. The number of para-hydroxylation sites is 1. The molecule has 166 valence electrons. The van der Waals surface area contributed by atoms with Crippen LogP contribution in [0.4, 0.5) is 0 Å². The van der Waals surface area contributed by atoms with Gasteiger partial charge in [-0.3, -0.25) is 14.4 Å². The van der Waals surface area contributed by atoms with Crippen molar-refractivity contribution in [1.82, 2.24) is 14.8 Å². The first-order chi connectivity index (χ1) is 15.5. The van der Waals surface area contributed by atoms with Crippen molar-refractivity contribution in [3.8, 4) is 11.5 Å². The van der Waals surface area contributed by atoms with Crippen LogP contribution in [-0.2, 0) is 22.7 Å². The first-order valence-electron chi connectivity index (χ1n) is 10.6. The minimum atomic E-state index is -0.708. The Labute approximate surface area is 185 Å². The Hall–Kier alpha value is -3.81. The summed E-state index contributed by atoms with van der Waals surface area (Å²) in [6.45, 7) is 5.54. The van der Waals surface area contributed by atoms with E-state index in [1.165, 1.54) is 0 Å². The van der Waals surface area contributed by atoms with Gasteiger partial charge in [0, 0.05) is 36.7 Å². The van der Waals surface area contributed by atoms with E-state index in [0.717, 1.165) is 11.1 Å². The van der Waals surface area contributed by atoms with E-state index >= 15 is 0 Å². The van der Waals surface area contributed by atoms with Crippen LogP contribution in [0.3, 0.4) is 0 Å². The van der Waals surface area contributed by atoms with Crippen molar-refractivity contribution in [2.45, 2.75) is 26.9 Å². The van der Waals surface area contributed by atoms with E-state index in [-0.39, 0.29) is 31.4 Å². The van der Waals surface area contributed by atoms with Crippen molar-refractivity contribution in [3.05, 3.63) is 59.8 Å². The summed E-state index contributed by atoms with van der Waals surface area (Å²) in [5, 5.41) is 3.31. The summed E-state index contributed by atoms with van der Waals surface area (Å²) in [6.07, 6.45) is 1.59. The Balaban J connectivity index is 1.51. The number of aromatic nitrogens is 1. The Morgan fingerprint density at radius 2 is 1.78 bits per heavy atom. The number of hydrogen-bond donors (Lipinski definition) is 1. The van der Waals surface area contributed by atoms with Crippen LogP contribution in [0.2, 0.25) is 0 Å². The van der Waals surface area contributed by atoms with Crippen molar-refractivity contribution in [1.29, 1.82) is 0 Å². The predicted molar refractivity (Wildman–Crippen MR) is 119 cm³/mol. The number of Topliss-reactive ketones (excluding diaryl/α,β-unsaturated/α-hetero) is 1. The molecule has 4 rings (SSSR count). The number of hydrogen-bond acceptors (Lipinski definition) is 5. The standard InChI is InChI=1S/C24H25N3O5/c1-3-26(4-2)22(28)14-27-13-18(17-7-5-6-8-19(17)27)23(29)24(30)25-12-16-9-10-20-21(11-16)32-15-31-20/h5-11,13H,3-4,12,14-15H2,1-2H3,(H,25,30). The largest absolute Gasteiger partial charge is 0.454 e. The molecular weight excluding hydrogens is 410 g/mol. The van der Waals surface area contributed by atoms with Crippen LogP contribution in [0.25, 0.3) is 10.9 Å². The number of fused-ring (bicyclic) bond motifs is 2. The molecule has 0 bridgehead atoms. The average molecular weight is 435 g/mol. The highest BCUT2D eigenvalue weighted by atomic mass is 16.7. The van der Waals surface area contributed by atoms with E-state index in [2.05, 4.69) is 5.32 Å². The summed E-state index contributed by atoms with van der Waals surface area (Å²) < 4.78 is 12.4. The predicted octanol–water partition coefficient (Wildman–Crippen LogP) is 2.74. The van der Waals surface area contributed by atoms with E-state index in [4.69, 9.17) is 9.47 Å². The van der Waals surface area contributed by atoms with Crippen molar-refractivity contribution in [2.75, 3.05) is 19.9 Å². The summed E-state index contributed by atoms with van der Waals surface area (Å²) in [5.41, 5.74) is 1.80. The fourth-order valence-electron chi connectivity index (χ4n) is 3.82. The van der Waals surface area contributed by atoms with Gasteiger partial charge >= 0.3 is 0 Å². The topological polar surface area (TPSA) is 89.9 Å². The van der Waals surface area contributed by atoms with E-state index in [0.29, 0.717) is 30.0 Å². The third kappa shape index (κ3) is 4.16. The molecule has 32 heavy (non-hydrogen) atoms. The summed E-state index contributed by atoms with van der Waals surface area (Å²) in [6, 6.07) is 12.6. The number of amides is 2. The Morgan fingerprint density at radius 1 is 1.03 bits per heavy atom. The first-order valence-corrected chi connectivity index (χ1v) is 10.6. The molecule has 1 aliphatic heterocycles. The van der Waals surface area contributed by atoms with Gasteiger partial charge < -0.3 is 24.3 Å². The van der Waals surface area contributed by atoms with E-state index < -0.39 is 11.7 Å². The molecule has 0 aliphatic carbocycles. The van der Waals surface area contributed by atoms with Crippen LogP contribution in [-0.4, -0.2) is 46.9 Å². The zero-order chi connectivity index (χ0) is 22.7. The molecule has 1 aromatic heterocycles. The summed E-state index contributed by atoms with van der Waals surface area (Å²) in [7, 11) is 0. The number of likely N-dealkylation sites (N-methyl/N-ethyl adjacent to an activating group) is 1. The monoisotopic (exact) mass is 435 g/mol. The molecule has 0 saturated heterocycles. The highest BCUT2D eigenvalue weighted by Crippen LogP contribution is 2.32. The maximum atomic E-state index is 12.9.